The highest BCUT2D eigenvalue weighted by Gasteiger charge is 2.18. The van der Waals surface area contributed by atoms with Crippen LogP contribution in [-0.2, 0) is 4.79 Å². The van der Waals surface area contributed by atoms with Gasteiger partial charge in [-0.3, -0.25) is 4.79 Å². The number of aliphatic hydroxyl groups is 2. The van der Waals surface area contributed by atoms with Gasteiger partial charge in [0.2, 0.25) is 5.91 Å². The van der Waals surface area contributed by atoms with Gasteiger partial charge in [0.25, 0.3) is 0 Å². The van der Waals surface area contributed by atoms with E-state index < -0.39 is 12.1 Å². The molecule has 2 unspecified atom stereocenters. The van der Waals surface area contributed by atoms with Gasteiger partial charge in [-0.1, -0.05) is 319 Å². The fraction of sp³-hybridized carbons (Fsp3) is 0.859. The number of aliphatic hydroxyl groups excluding tert-OH is 2. The number of rotatable bonds is 57. The summed E-state index contributed by atoms with van der Waals surface area (Å²) in [6.07, 6.45) is 83.0. The van der Waals surface area contributed by atoms with Crippen LogP contribution in [0, 0.1) is 0 Å². The lowest BCUT2D eigenvalue weighted by Gasteiger charge is -2.20. The second kappa shape index (κ2) is 59.7. The molecule has 400 valence electrons. The van der Waals surface area contributed by atoms with Crippen molar-refractivity contribution in [2.24, 2.45) is 0 Å². The maximum absolute atomic E-state index is 12.5. The summed E-state index contributed by atoms with van der Waals surface area (Å²) in [6.45, 7) is 4.33. The predicted octanol–water partition coefficient (Wildman–Crippen LogP) is 20.6. The van der Waals surface area contributed by atoms with Crippen LogP contribution in [-0.4, -0.2) is 34.9 Å². The van der Waals surface area contributed by atoms with Gasteiger partial charge in [0.15, 0.2) is 0 Å². The molecule has 0 bridgehead atoms. The van der Waals surface area contributed by atoms with Crippen LogP contribution in [0.5, 0.6) is 0 Å². The Morgan fingerprint density at radius 2 is 0.603 bits per heavy atom. The van der Waals surface area contributed by atoms with E-state index in [0.29, 0.717) is 6.42 Å². The standard InChI is InChI=1S/C64H121NO3/c1-3-5-7-9-11-13-15-17-19-21-23-25-27-29-30-31-32-33-34-36-37-39-41-43-45-47-49-51-53-55-57-59-63(67)62(61-66)65-64(68)60-58-56-54-52-50-48-46-44-42-40-38-35-28-26-24-22-20-18-16-14-12-10-8-6-4-2/h16,18,22,24,28,35,57,59,62-63,66-67H,3-15,17,19-21,23,25-27,29-34,36-56,58,60-61H2,1-2H3,(H,65,68)/b18-16-,24-22-,35-28-,59-57+. The van der Waals surface area contributed by atoms with Crippen LogP contribution >= 0.6 is 0 Å². The SMILES string of the molecule is CCCCCCC/C=C\C/C=C\C/C=C\CCCCCCCCCCCCC(=O)NC(CO)C(O)/C=C/CCCCCCCCCCCCCCCCCCCCCCCCCCCCCCC. The van der Waals surface area contributed by atoms with Crippen LogP contribution in [0.4, 0.5) is 0 Å². The summed E-state index contributed by atoms with van der Waals surface area (Å²) in [5.41, 5.74) is 0. The summed E-state index contributed by atoms with van der Waals surface area (Å²) in [5, 5.41) is 23.2. The van der Waals surface area contributed by atoms with Crippen molar-refractivity contribution >= 4 is 5.91 Å². The van der Waals surface area contributed by atoms with Crippen LogP contribution in [0.3, 0.4) is 0 Å². The smallest absolute Gasteiger partial charge is 0.220 e. The van der Waals surface area contributed by atoms with Crippen LogP contribution in [0.2, 0.25) is 0 Å². The maximum Gasteiger partial charge on any atom is 0.220 e. The number of allylic oxidation sites excluding steroid dienone is 7. The molecule has 0 rings (SSSR count). The highest BCUT2D eigenvalue weighted by Crippen LogP contribution is 2.18. The normalized spacial score (nSPS) is 13.1. The summed E-state index contributed by atoms with van der Waals surface area (Å²) in [4.78, 5) is 12.5. The Morgan fingerprint density at radius 1 is 0.353 bits per heavy atom. The molecule has 0 aromatic rings. The lowest BCUT2D eigenvalue weighted by Crippen LogP contribution is -2.45. The van der Waals surface area contributed by atoms with Crippen molar-refractivity contribution in [1.29, 1.82) is 0 Å². The number of unbranched alkanes of at least 4 members (excludes halogenated alkanes) is 44. The summed E-state index contributed by atoms with van der Waals surface area (Å²) in [7, 11) is 0. The third-order valence-corrected chi connectivity index (χ3v) is 14.3. The van der Waals surface area contributed by atoms with E-state index in [2.05, 4.69) is 55.6 Å². The van der Waals surface area contributed by atoms with Crippen LogP contribution in [0.1, 0.15) is 335 Å². The van der Waals surface area contributed by atoms with E-state index in [1.165, 1.54) is 276 Å². The van der Waals surface area contributed by atoms with E-state index in [9.17, 15) is 15.0 Å². The Balaban J connectivity index is 3.47. The summed E-state index contributed by atoms with van der Waals surface area (Å²) in [5.74, 6) is -0.0646. The molecule has 0 aliphatic heterocycles. The van der Waals surface area contributed by atoms with E-state index in [1.807, 2.05) is 6.08 Å². The van der Waals surface area contributed by atoms with Gasteiger partial charge < -0.3 is 15.5 Å². The summed E-state index contributed by atoms with van der Waals surface area (Å²) >= 11 is 0. The molecule has 0 aromatic carbocycles. The quantitative estimate of drug-likeness (QED) is 0.0420. The van der Waals surface area contributed by atoms with E-state index in [-0.39, 0.29) is 12.5 Å². The molecule has 0 aromatic heterocycles. The molecule has 4 heteroatoms. The molecule has 0 saturated carbocycles. The molecule has 0 radical (unpaired) electrons. The van der Waals surface area contributed by atoms with Crippen molar-refractivity contribution in [3.8, 4) is 0 Å². The molecule has 0 fully saturated rings. The van der Waals surface area contributed by atoms with Gasteiger partial charge in [-0.15, -0.1) is 0 Å². The van der Waals surface area contributed by atoms with Gasteiger partial charge in [-0.25, -0.2) is 0 Å². The zero-order valence-corrected chi connectivity index (χ0v) is 46.1. The topological polar surface area (TPSA) is 69.6 Å². The molecular formula is C64H121NO3. The van der Waals surface area contributed by atoms with Gasteiger partial charge in [-0.2, -0.15) is 0 Å². The van der Waals surface area contributed by atoms with Gasteiger partial charge in [-0.05, 0) is 57.8 Å². The highest BCUT2D eigenvalue weighted by atomic mass is 16.3. The van der Waals surface area contributed by atoms with Crippen molar-refractivity contribution in [2.75, 3.05) is 6.61 Å². The lowest BCUT2D eigenvalue weighted by atomic mass is 10.0. The number of carbonyl (C=O) groups excluding carboxylic acids is 1. The highest BCUT2D eigenvalue weighted by molar-refractivity contribution is 5.76. The van der Waals surface area contributed by atoms with Crippen LogP contribution < -0.4 is 5.32 Å². The molecule has 0 aliphatic carbocycles. The third kappa shape index (κ3) is 55.3. The fourth-order valence-corrected chi connectivity index (χ4v) is 9.60. The minimum absolute atomic E-state index is 0.0646. The molecule has 0 saturated heterocycles. The largest absolute Gasteiger partial charge is 0.394 e. The van der Waals surface area contributed by atoms with Gasteiger partial charge in [0.1, 0.15) is 0 Å². The van der Waals surface area contributed by atoms with E-state index in [0.717, 1.165) is 38.5 Å². The monoisotopic (exact) mass is 952 g/mol. The fourth-order valence-electron chi connectivity index (χ4n) is 9.60. The number of hydrogen-bond donors (Lipinski definition) is 3. The van der Waals surface area contributed by atoms with Gasteiger partial charge in [0.05, 0.1) is 18.8 Å². The van der Waals surface area contributed by atoms with Crippen LogP contribution in [0.15, 0.2) is 48.6 Å². The predicted molar refractivity (Wildman–Crippen MR) is 304 cm³/mol. The van der Waals surface area contributed by atoms with Crippen molar-refractivity contribution in [3.63, 3.8) is 0 Å². The zero-order chi connectivity index (χ0) is 49.2. The molecule has 2 atom stereocenters. The van der Waals surface area contributed by atoms with Gasteiger partial charge >= 0.3 is 0 Å². The molecule has 1 amide bonds. The summed E-state index contributed by atoms with van der Waals surface area (Å²) < 4.78 is 0. The van der Waals surface area contributed by atoms with Crippen molar-refractivity contribution in [3.05, 3.63) is 48.6 Å². The molecular weight excluding hydrogens is 831 g/mol. The third-order valence-electron chi connectivity index (χ3n) is 14.3. The first-order valence-corrected chi connectivity index (χ1v) is 30.9. The average Bonchev–Trinajstić information content (AvgIpc) is 3.34. The van der Waals surface area contributed by atoms with E-state index >= 15 is 0 Å². The Labute approximate surface area is 426 Å². The minimum Gasteiger partial charge on any atom is -0.394 e. The van der Waals surface area contributed by atoms with E-state index in [4.69, 9.17) is 0 Å². The molecule has 0 aliphatic rings. The molecule has 68 heavy (non-hydrogen) atoms. The van der Waals surface area contributed by atoms with Gasteiger partial charge in [0, 0.05) is 6.42 Å². The molecule has 0 heterocycles. The molecule has 4 nitrogen and oxygen atoms in total. The second-order valence-corrected chi connectivity index (χ2v) is 21.1. The van der Waals surface area contributed by atoms with Crippen molar-refractivity contribution in [1.82, 2.24) is 5.32 Å². The zero-order valence-electron chi connectivity index (χ0n) is 46.1. The number of nitrogens with one attached hydrogen (secondary N) is 1. The average molecular weight is 953 g/mol. The maximum atomic E-state index is 12.5. The number of amides is 1. The first-order chi connectivity index (χ1) is 33.7. The molecule has 3 N–H and O–H groups in total. The second-order valence-electron chi connectivity index (χ2n) is 21.1. The van der Waals surface area contributed by atoms with E-state index in [1.54, 1.807) is 6.08 Å². The number of carbonyl (C=O) groups is 1. The Morgan fingerprint density at radius 3 is 0.897 bits per heavy atom. The van der Waals surface area contributed by atoms with Crippen molar-refractivity contribution < 1.29 is 15.0 Å². The lowest BCUT2D eigenvalue weighted by molar-refractivity contribution is -0.123. The molecule has 0 spiro atoms. The van der Waals surface area contributed by atoms with Crippen molar-refractivity contribution in [2.45, 2.75) is 347 Å². The minimum atomic E-state index is -0.844. The Kier molecular flexibility index (Phi) is 58.2. The summed E-state index contributed by atoms with van der Waals surface area (Å²) in [6, 6.07) is -0.627. The number of hydrogen-bond acceptors (Lipinski definition) is 3. The first-order valence-electron chi connectivity index (χ1n) is 30.9. The Bertz CT molecular complexity index is 1080. The Hall–Kier alpha value is -1.65. The first kappa shape index (κ1) is 66.3. The van der Waals surface area contributed by atoms with Crippen LogP contribution in [0.25, 0.3) is 0 Å².